The van der Waals surface area contributed by atoms with Gasteiger partial charge in [-0.1, -0.05) is 5.16 Å². The topological polar surface area (TPSA) is 250 Å². The molecule has 2 atom stereocenters. The maximum atomic E-state index is 13.3. The van der Waals surface area contributed by atoms with E-state index in [0.717, 1.165) is 11.3 Å². The third kappa shape index (κ3) is 5.48. The highest BCUT2D eigenvalue weighted by Gasteiger charge is 2.56. The number of carboxylic acids is 1. The van der Waals surface area contributed by atoms with Crippen LogP contribution in [0.15, 0.2) is 16.7 Å². The highest BCUT2D eigenvalue weighted by atomic mass is 32.2. The molecule has 0 bridgehead atoms. The molecule has 0 spiro atoms. The van der Waals surface area contributed by atoms with Crippen molar-refractivity contribution in [3.8, 4) is 0 Å². The molecule has 1 aliphatic carbocycles. The van der Waals surface area contributed by atoms with Gasteiger partial charge in [-0.05, 0) is 0 Å². The number of aromatic nitrogens is 4. The summed E-state index contributed by atoms with van der Waals surface area (Å²) in [6, 6.07) is -1.08. The molecule has 0 aromatic carbocycles. The molecule has 2 aromatic heterocycles. The molecule has 2 saturated heterocycles. The number of Topliss-reactive ketones (excluding diaryl/α,β-unsaturated/α-hetero) is 1. The van der Waals surface area contributed by atoms with E-state index in [1.54, 1.807) is 0 Å². The minimum absolute atomic E-state index is 0.0164. The minimum Gasteiger partial charge on any atom is -0.478 e. The number of amides is 1. The van der Waals surface area contributed by atoms with Crippen molar-refractivity contribution >= 4 is 50.1 Å². The molecule has 39 heavy (non-hydrogen) atoms. The highest BCUT2D eigenvalue weighted by molar-refractivity contribution is 7.84. The molecule has 2 aliphatic heterocycles. The first kappa shape index (κ1) is 27.1. The number of likely N-dealkylation sites (tertiary alicyclic amines) is 1. The molecule has 0 radical (unpaired) electrons. The Labute approximate surface area is 225 Å². The van der Waals surface area contributed by atoms with Gasteiger partial charge in [-0.25, -0.2) is 14.1 Å². The first-order valence-corrected chi connectivity index (χ1v) is 14.1. The minimum atomic E-state index is -4.93. The lowest BCUT2D eigenvalue weighted by molar-refractivity contribution is -0.153. The zero-order valence-electron chi connectivity index (χ0n) is 20.3. The van der Waals surface area contributed by atoms with Crippen molar-refractivity contribution in [2.45, 2.75) is 50.0 Å². The van der Waals surface area contributed by atoms with Crippen LogP contribution in [0.2, 0.25) is 0 Å². The van der Waals surface area contributed by atoms with Crippen molar-refractivity contribution in [3.63, 3.8) is 0 Å². The van der Waals surface area contributed by atoms with Crippen LogP contribution >= 0.6 is 11.3 Å². The second kappa shape index (κ2) is 9.90. The monoisotopic (exact) mass is 583 g/mol. The standard InChI is InChI=1S/C20H25N9O8S2/c21-10-5-27(6-10)7-11-4-23-28(25-11)8-14-12(17(31)29(14)39(34,35)36)3-15(30)16(13-9-38-19(22)24-13)26-37-20(1-2-20)18(32)33/h4,9-10,12,14H,1-3,5-8,21H2,(H2,22,24)(H,32,33)(H,34,35,36)/b26-16-/t12-,14+/m0/s1. The first-order chi connectivity index (χ1) is 18.4. The number of aliphatic carboxylic acids is 1. The average molecular weight is 584 g/mol. The molecule has 4 heterocycles. The fraction of sp³-hybridized carbons (Fsp3) is 0.550. The maximum Gasteiger partial charge on any atom is 0.362 e. The Morgan fingerprint density at radius 3 is 2.59 bits per heavy atom. The first-order valence-electron chi connectivity index (χ1n) is 11.8. The van der Waals surface area contributed by atoms with Crippen LogP contribution in [0.5, 0.6) is 0 Å². The van der Waals surface area contributed by atoms with Gasteiger partial charge in [0.2, 0.25) is 11.5 Å². The number of nitrogens with zero attached hydrogens (tertiary/aromatic N) is 7. The van der Waals surface area contributed by atoms with Crippen molar-refractivity contribution in [1.82, 2.24) is 29.2 Å². The Hall–Kier alpha value is -3.52. The van der Waals surface area contributed by atoms with Crippen molar-refractivity contribution in [1.29, 1.82) is 0 Å². The van der Waals surface area contributed by atoms with E-state index in [1.807, 2.05) is 4.90 Å². The number of nitrogen functional groups attached to an aromatic ring is 1. The van der Waals surface area contributed by atoms with Crippen LogP contribution in [0, 0.1) is 5.92 Å². The number of carbonyl (C=O) groups excluding carboxylic acids is 2. The number of carbonyl (C=O) groups is 3. The summed E-state index contributed by atoms with van der Waals surface area (Å²) in [6.45, 7) is 1.67. The van der Waals surface area contributed by atoms with E-state index in [-0.39, 0.29) is 46.3 Å². The SMILES string of the molecule is Nc1nc(/C(=N/OC2(C(=O)O)CC2)C(=O)C[C@@H]2C(=O)N(S(=O)(=O)O)[C@@H]2Cn2ncc(CN3CC(N)C3)n2)cs1. The van der Waals surface area contributed by atoms with Gasteiger partial charge in [0.25, 0.3) is 0 Å². The number of hydrogen-bond acceptors (Lipinski definition) is 14. The number of thiazole rings is 1. The van der Waals surface area contributed by atoms with Crippen LogP contribution in [0.4, 0.5) is 5.13 Å². The number of hydrogen-bond donors (Lipinski definition) is 4. The normalized spacial score (nSPS) is 23.3. The van der Waals surface area contributed by atoms with Crippen molar-refractivity contribution < 1.29 is 37.3 Å². The number of anilines is 1. The molecule has 2 aromatic rings. The number of carboxylic acid groups (broad SMARTS) is 1. The molecule has 5 rings (SSSR count). The fourth-order valence-electron chi connectivity index (χ4n) is 4.44. The summed E-state index contributed by atoms with van der Waals surface area (Å²) < 4.78 is 33.7. The number of nitrogens with two attached hydrogens (primary N) is 2. The van der Waals surface area contributed by atoms with Gasteiger partial charge in [0.1, 0.15) is 5.69 Å². The summed E-state index contributed by atoms with van der Waals surface area (Å²) in [6.07, 6.45) is 1.35. The smallest absolute Gasteiger partial charge is 0.362 e. The largest absolute Gasteiger partial charge is 0.478 e. The van der Waals surface area contributed by atoms with Crippen molar-refractivity contribution in [3.05, 3.63) is 23.0 Å². The summed E-state index contributed by atoms with van der Waals surface area (Å²) >= 11 is 1.01. The number of ketones is 1. The van der Waals surface area contributed by atoms with Gasteiger partial charge < -0.3 is 21.4 Å². The summed E-state index contributed by atoms with van der Waals surface area (Å²) in [5, 5.41) is 23.1. The number of oxime groups is 1. The lowest BCUT2D eigenvalue weighted by Gasteiger charge is -2.43. The maximum absolute atomic E-state index is 13.3. The van der Waals surface area contributed by atoms with Crippen LogP contribution in [-0.2, 0) is 42.6 Å². The van der Waals surface area contributed by atoms with E-state index >= 15 is 0 Å². The molecule has 3 aliphatic rings. The lowest BCUT2D eigenvalue weighted by Crippen LogP contribution is -2.64. The van der Waals surface area contributed by atoms with Crippen molar-refractivity contribution in [2.24, 2.45) is 16.8 Å². The summed E-state index contributed by atoms with van der Waals surface area (Å²) in [4.78, 5) is 49.9. The Morgan fingerprint density at radius 1 is 1.31 bits per heavy atom. The zero-order valence-corrected chi connectivity index (χ0v) is 21.9. The molecular weight excluding hydrogens is 558 g/mol. The van der Waals surface area contributed by atoms with Gasteiger partial charge in [-0.15, -0.1) is 11.3 Å². The van der Waals surface area contributed by atoms with E-state index in [2.05, 4.69) is 20.3 Å². The third-order valence-corrected chi connectivity index (χ3v) is 8.32. The second-order valence-corrected chi connectivity index (χ2v) is 11.8. The molecule has 0 unspecified atom stereocenters. The Kier molecular flexibility index (Phi) is 6.87. The third-order valence-electron chi connectivity index (χ3n) is 6.69. The molecule has 1 saturated carbocycles. The van der Waals surface area contributed by atoms with Gasteiger partial charge in [0.05, 0.1) is 30.4 Å². The molecule has 1 amide bonds. The lowest BCUT2D eigenvalue weighted by atomic mass is 9.84. The van der Waals surface area contributed by atoms with Gasteiger partial charge in [-0.3, -0.25) is 19.0 Å². The van der Waals surface area contributed by atoms with Gasteiger partial charge in [0.15, 0.2) is 16.6 Å². The van der Waals surface area contributed by atoms with Crippen LogP contribution in [-0.4, -0.2) is 101 Å². The Bertz CT molecular complexity index is 1440. The predicted octanol–water partition coefficient (Wildman–Crippen LogP) is -1.91. The van der Waals surface area contributed by atoms with Crippen molar-refractivity contribution in [2.75, 3.05) is 18.8 Å². The molecular formula is C20H25N9O8S2. The average Bonchev–Trinajstić information content (AvgIpc) is 3.31. The quantitative estimate of drug-likeness (QED) is 0.0921. The van der Waals surface area contributed by atoms with E-state index in [0.29, 0.717) is 25.3 Å². The molecule has 19 heteroatoms. The fourth-order valence-corrected chi connectivity index (χ4v) is 5.90. The van der Waals surface area contributed by atoms with Gasteiger partial charge >= 0.3 is 16.3 Å². The van der Waals surface area contributed by atoms with Crippen LogP contribution in [0.25, 0.3) is 0 Å². The molecule has 3 fully saturated rings. The summed E-state index contributed by atoms with van der Waals surface area (Å²) in [5.74, 6) is -4.18. The van der Waals surface area contributed by atoms with E-state index in [1.165, 1.54) is 16.4 Å². The molecule has 17 nitrogen and oxygen atoms in total. The van der Waals surface area contributed by atoms with Crippen LogP contribution < -0.4 is 11.5 Å². The zero-order chi connectivity index (χ0) is 28.1. The van der Waals surface area contributed by atoms with E-state index < -0.39 is 51.9 Å². The number of β-lactam (4-membered cyclic amide) rings is 1. The number of rotatable bonds is 12. The van der Waals surface area contributed by atoms with Gasteiger partial charge in [-0.2, -0.15) is 23.4 Å². The summed E-state index contributed by atoms with van der Waals surface area (Å²) in [5.41, 5.74) is 10.2. The second-order valence-electron chi connectivity index (χ2n) is 9.66. The van der Waals surface area contributed by atoms with Crippen LogP contribution in [0.1, 0.15) is 30.7 Å². The van der Waals surface area contributed by atoms with Crippen LogP contribution in [0.3, 0.4) is 0 Å². The predicted molar refractivity (Wildman–Crippen MR) is 132 cm³/mol. The Balaban J connectivity index is 1.34. The summed E-state index contributed by atoms with van der Waals surface area (Å²) in [7, 11) is -4.93. The highest BCUT2D eigenvalue weighted by Crippen LogP contribution is 2.40. The van der Waals surface area contributed by atoms with Gasteiger partial charge in [0, 0.05) is 50.3 Å². The molecule has 210 valence electrons. The molecule has 6 N–H and O–H groups in total. The van der Waals surface area contributed by atoms with E-state index in [4.69, 9.17) is 16.3 Å². The Morgan fingerprint density at radius 2 is 2.03 bits per heavy atom. The van der Waals surface area contributed by atoms with E-state index in [9.17, 15) is 32.5 Å².